The largest absolute Gasteiger partial charge is 0.356 e. The predicted molar refractivity (Wildman–Crippen MR) is 120 cm³/mol. The van der Waals surface area contributed by atoms with Gasteiger partial charge in [0.15, 0.2) is 5.78 Å². The van der Waals surface area contributed by atoms with Gasteiger partial charge in [-0.25, -0.2) is 4.98 Å². The van der Waals surface area contributed by atoms with Gasteiger partial charge in [0.1, 0.15) is 5.82 Å². The molecule has 0 aliphatic heterocycles. The third kappa shape index (κ3) is 5.41. The molecular weight excluding hydrogens is 360 g/mol. The highest BCUT2D eigenvalue weighted by Crippen LogP contribution is 2.25. The van der Waals surface area contributed by atoms with Crippen molar-refractivity contribution in [2.24, 2.45) is 0 Å². The first-order valence-electron chi connectivity index (χ1n) is 10.2. The summed E-state index contributed by atoms with van der Waals surface area (Å²) in [6, 6.07) is 19.6. The summed E-state index contributed by atoms with van der Waals surface area (Å²) in [7, 11) is 0. The Balaban J connectivity index is 2.02. The third-order valence-electron chi connectivity index (χ3n) is 4.62. The quantitative estimate of drug-likeness (QED) is 0.475. The van der Waals surface area contributed by atoms with Crippen LogP contribution < -0.4 is 10.2 Å². The number of nitrogens with one attached hydrogen (secondary N) is 1. The molecule has 0 unspecified atom stereocenters. The molecule has 0 amide bonds. The molecule has 29 heavy (non-hydrogen) atoms. The SMILES string of the molecule is CCCN(CCC)c1cc(-c2ccccc2)nc(Nc2cccc(C(C)=O)c2)n1. The zero-order valence-corrected chi connectivity index (χ0v) is 17.4. The van der Waals surface area contributed by atoms with Crippen LogP contribution in [0.5, 0.6) is 0 Å². The lowest BCUT2D eigenvalue weighted by atomic mass is 10.1. The van der Waals surface area contributed by atoms with E-state index in [1.54, 1.807) is 6.92 Å². The Bertz CT molecular complexity index is 950. The number of nitrogens with zero attached hydrogens (tertiary/aromatic N) is 3. The topological polar surface area (TPSA) is 58.1 Å². The second kappa shape index (κ2) is 9.82. The van der Waals surface area contributed by atoms with Crippen molar-refractivity contribution in [2.75, 3.05) is 23.3 Å². The van der Waals surface area contributed by atoms with E-state index in [1.165, 1.54) is 0 Å². The van der Waals surface area contributed by atoms with Gasteiger partial charge in [0.25, 0.3) is 0 Å². The van der Waals surface area contributed by atoms with E-state index in [9.17, 15) is 4.79 Å². The van der Waals surface area contributed by atoms with Crippen LogP contribution in [0.15, 0.2) is 60.7 Å². The number of hydrogen-bond acceptors (Lipinski definition) is 5. The molecule has 0 saturated heterocycles. The molecule has 0 saturated carbocycles. The van der Waals surface area contributed by atoms with Gasteiger partial charge in [0.2, 0.25) is 5.95 Å². The Kier molecular flexibility index (Phi) is 6.95. The fourth-order valence-corrected chi connectivity index (χ4v) is 3.23. The van der Waals surface area contributed by atoms with Crippen molar-refractivity contribution in [3.8, 4) is 11.3 Å². The van der Waals surface area contributed by atoms with Gasteiger partial charge in [0, 0.05) is 36.0 Å². The van der Waals surface area contributed by atoms with E-state index >= 15 is 0 Å². The second-order valence-corrected chi connectivity index (χ2v) is 7.05. The minimum Gasteiger partial charge on any atom is -0.356 e. The molecule has 5 heteroatoms. The van der Waals surface area contributed by atoms with E-state index in [0.29, 0.717) is 11.5 Å². The van der Waals surface area contributed by atoms with Gasteiger partial charge in [-0.05, 0) is 31.9 Å². The smallest absolute Gasteiger partial charge is 0.229 e. The minimum absolute atomic E-state index is 0.0327. The Morgan fingerprint density at radius 1 is 0.931 bits per heavy atom. The van der Waals surface area contributed by atoms with Crippen LogP contribution in [0, 0.1) is 0 Å². The monoisotopic (exact) mass is 388 g/mol. The highest BCUT2D eigenvalue weighted by molar-refractivity contribution is 5.95. The lowest BCUT2D eigenvalue weighted by molar-refractivity contribution is 0.101. The number of aromatic nitrogens is 2. The molecule has 3 rings (SSSR count). The molecule has 3 aromatic rings. The number of Topliss-reactive ketones (excluding diaryl/α,β-unsaturated/α-hetero) is 1. The van der Waals surface area contributed by atoms with E-state index in [4.69, 9.17) is 9.97 Å². The highest BCUT2D eigenvalue weighted by Gasteiger charge is 2.13. The Morgan fingerprint density at radius 3 is 2.31 bits per heavy atom. The Hall–Kier alpha value is -3.21. The molecule has 0 bridgehead atoms. The van der Waals surface area contributed by atoms with Crippen LogP contribution >= 0.6 is 0 Å². The minimum atomic E-state index is 0.0327. The van der Waals surface area contributed by atoms with Gasteiger partial charge >= 0.3 is 0 Å². The lowest BCUT2D eigenvalue weighted by Crippen LogP contribution is -2.26. The maximum atomic E-state index is 11.7. The van der Waals surface area contributed by atoms with Gasteiger partial charge in [-0.15, -0.1) is 0 Å². The summed E-state index contributed by atoms with van der Waals surface area (Å²) in [5.41, 5.74) is 3.38. The van der Waals surface area contributed by atoms with Crippen molar-refractivity contribution in [3.05, 3.63) is 66.2 Å². The molecule has 0 atom stereocenters. The van der Waals surface area contributed by atoms with Crippen molar-refractivity contribution in [1.82, 2.24) is 9.97 Å². The maximum Gasteiger partial charge on any atom is 0.229 e. The molecular formula is C24H28N4O. The summed E-state index contributed by atoms with van der Waals surface area (Å²) >= 11 is 0. The van der Waals surface area contributed by atoms with Crippen molar-refractivity contribution in [2.45, 2.75) is 33.6 Å². The zero-order valence-electron chi connectivity index (χ0n) is 17.4. The molecule has 2 aromatic carbocycles. The van der Waals surface area contributed by atoms with Gasteiger partial charge in [-0.3, -0.25) is 4.79 Å². The average molecular weight is 389 g/mol. The predicted octanol–water partition coefficient (Wildman–Crippen LogP) is 5.72. The Morgan fingerprint density at radius 2 is 1.66 bits per heavy atom. The number of anilines is 3. The van der Waals surface area contributed by atoms with Crippen molar-refractivity contribution < 1.29 is 4.79 Å². The second-order valence-electron chi connectivity index (χ2n) is 7.05. The fourth-order valence-electron chi connectivity index (χ4n) is 3.23. The van der Waals surface area contributed by atoms with Crippen LogP contribution in [0.1, 0.15) is 44.0 Å². The van der Waals surface area contributed by atoms with Gasteiger partial charge < -0.3 is 10.2 Å². The molecule has 0 aliphatic rings. The molecule has 150 valence electrons. The van der Waals surface area contributed by atoms with E-state index in [-0.39, 0.29) is 5.78 Å². The zero-order chi connectivity index (χ0) is 20.6. The normalized spacial score (nSPS) is 10.6. The van der Waals surface area contributed by atoms with Crippen molar-refractivity contribution in [3.63, 3.8) is 0 Å². The van der Waals surface area contributed by atoms with Crippen molar-refractivity contribution >= 4 is 23.2 Å². The highest BCUT2D eigenvalue weighted by atomic mass is 16.1. The van der Waals surface area contributed by atoms with Gasteiger partial charge in [-0.2, -0.15) is 4.98 Å². The molecule has 1 aromatic heterocycles. The summed E-state index contributed by atoms with van der Waals surface area (Å²) in [6.45, 7) is 7.80. The Labute approximate surface area is 172 Å². The number of carbonyl (C=O) groups excluding carboxylic acids is 1. The number of carbonyl (C=O) groups is 1. The summed E-state index contributed by atoms with van der Waals surface area (Å²) in [5.74, 6) is 1.47. The van der Waals surface area contributed by atoms with Crippen LogP contribution in [-0.2, 0) is 0 Å². The maximum absolute atomic E-state index is 11.7. The fraction of sp³-hybridized carbons (Fsp3) is 0.292. The molecule has 5 nitrogen and oxygen atoms in total. The third-order valence-corrected chi connectivity index (χ3v) is 4.62. The first-order valence-corrected chi connectivity index (χ1v) is 10.2. The first-order chi connectivity index (χ1) is 14.1. The van der Waals surface area contributed by atoms with Crippen LogP contribution in [0.3, 0.4) is 0 Å². The first kappa shape index (κ1) is 20.5. The van der Waals surface area contributed by atoms with Crippen LogP contribution in [0.2, 0.25) is 0 Å². The molecule has 0 radical (unpaired) electrons. The number of rotatable bonds is 9. The van der Waals surface area contributed by atoms with E-state index < -0.39 is 0 Å². The van der Waals surface area contributed by atoms with Crippen LogP contribution in [-0.4, -0.2) is 28.8 Å². The lowest BCUT2D eigenvalue weighted by Gasteiger charge is -2.23. The molecule has 0 aliphatic carbocycles. The number of benzene rings is 2. The molecule has 1 N–H and O–H groups in total. The summed E-state index contributed by atoms with van der Waals surface area (Å²) in [5, 5.41) is 3.29. The molecule has 1 heterocycles. The van der Waals surface area contributed by atoms with Gasteiger partial charge in [-0.1, -0.05) is 56.3 Å². The summed E-state index contributed by atoms with van der Waals surface area (Å²) < 4.78 is 0. The summed E-state index contributed by atoms with van der Waals surface area (Å²) in [4.78, 5) is 23.5. The van der Waals surface area contributed by atoms with E-state index in [1.807, 2.05) is 42.5 Å². The van der Waals surface area contributed by atoms with Crippen molar-refractivity contribution in [1.29, 1.82) is 0 Å². The average Bonchev–Trinajstić information content (AvgIpc) is 2.74. The molecule has 0 spiro atoms. The van der Waals surface area contributed by atoms with Gasteiger partial charge in [0.05, 0.1) is 5.69 Å². The summed E-state index contributed by atoms with van der Waals surface area (Å²) in [6.07, 6.45) is 2.10. The standard InChI is InChI=1S/C24H28N4O/c1-4-14-28(15-5-2)23-17-22(19-10-7-6-8-11-19)26-24(27-23)25-21-13-9-12-20(16-21)18(3)29/h6-13,16-17H,4-5,14-15H2,1-3H3,(H,25,26,27). The van der Waals surface area contributed by atoms with Crippen LogP contribution in [0.4, 0.5) is 17.5 Å². The van der Waals surface area contributed by atoms with E-state index in [0.717, 1.165) is 48.7 Å². The number of ketones is 1. The number of hydrogen-bond donors (Lipinski definition) is 1. The molecule has 0 fully saturated rings. The van der Waals surface area contributed by atoms with Crippen LogP contribution in [0.25, 0.3) is 11.3 Å². The van der Waals surface area contributed by atoms with E-state index in [2.05, 4.69) is 42.3 Å².